The molecule has 0 saturated heterocycles. The van der Waals surface area contributed by atoms with Gasteiger partial charge in [0, 0.05) is 0 Å². The number of methoxy groups -OCH3 is 1. The van der Waals surface area contributed by atoms with Crippen molar-refractivity contribution in [3.63, 3.8) is 0 Å². The van der Waals surface area contributed by atoms with Gasteiger partial charge in [-0.05, 0) is 6.92 Å². The van der Waals surface area contributed by atoms with Gasteiger partial charge in [-0.15, -0.1) is 0 Å². The number of rotatable bonds is 2. The van der Waals surface area contributed by atoms with Gasteiger partial charge in [0.2, 0.25) is 5.95 Å². The normalized spacial score (nSPS) is 9.38. The van der Waals surface area contributed by atoms with E-state index in [4.69, 9.17) is 10.5 Å². The lowest BCUT2D eigenvalue weighted by atomic mass is 10.7. The number of nitrogens with zero attached hydrogens (tertiary/aromatic N) is 3. The molecule has 70 valence electrons. The first kappa shape index (κ1) is 9.17. The maximum atomic E-state index is 10.4. The van der Waals surface area contributed by atoms with Gasteiger partial charge in [0.05, 0.1) is 7.11 Å². The monoisotopic (exact) mass is 183 g/mol. The fourth-order valence-electron chi connectivity index (χ4n) is 0.715. The minimum atomic E-state index is -0.729. The van der Waals surface area contributed by atoms with Gasteiger partial charge in [-0.1, -0.05) is 0 Å². The van der Waals surface area contributed by atoms with Gasteiger partial charge < -0.3 is 10.5 Å². The number of nitrogens with one attached hydrogen (secondary N) is 1. The third-order valence-corrected chi connectivity index (χ3v) is 1.14. The minimum Gasteiger partial charge on any atom is -0.467 e. The van der Waals surface area contributed by atoms with E-state index in [0.29, 0.717) is 5.82 Å². The van der Waals surface area contributed by atoms with Crippen molar-refractivity contribution in [2.75, 3.05) is 12.4 Å². The standard InChI is InChI=1S/C6H9N5O2/c1-3-8-5(10-4(7)12)11-6(9-3)13-2/h1-2H3,(H3,7,8,9,10,11,12). The van der Waals surface area contributed by atoms with Crippen molar-refractivity contribution in [1.29, 1.82) is 0 Å². The molecule has 1 rings (SSSR count). The second kappa shape index (κ2) is 3.65. The van der Waals surface area contributed by atoms with E-state index in [1.807, 2.05) is 0 Å². The van der Waals surface area contributed by atoms with Crippen molar-refractivity contribution in [2.45, 2.75) is 6.92 Å². The summed E-state index contributed by atoms with van der Waals surface area (Å²) in [4.78, 5) is 21.8. The van der Waals surface area contributed by atoms with E-state index in [0.717, 1.165) is 0 Å². The molecule has 0 aliphatic rings. The number of hydrogen-bond donors (Lipinski definition) is 2. The Bertz CT molecular complexity index is 327. The SMILES string of the molecule is COc1nc(C)nc(NC(N)=O)n1. The molecule has 2 amide bonds. The first-order chi connectivity index (χ1) is 6.11. The van der Waals surface area contributed by atoms with E-state index in [9.17, 15) is 4.79 Å². The topological polar surface area (TPSA) is 103 Å². The van der Waals surface area contributed by atoms with Gasteiger partial charge in [0.15, 0.2) is 0 Å². The molecule has 3 N–H and O–H groups in total. The van der Waals surface area contributed by atoms with Crippen LogP contribution in [0.15, 0.2) is 0 Å². The van der Waals surface area contributed by atoms with Crippen LogP contribution < -0.4 is 15.8 Å². The summed E-state index contributed by atoms with van der Waals surface area (Å²) in [6.45, 7) is 1.65. The van der Waals surface area contributed by atoms with Crippen molar-refractivity contribution in [1.82, 2.24) is 15.0 Å². The Labute approximate surface area is 74.3 Å². The number of primary amides is 1. The van der Waals surface area contributed by atoms with Crippen molar-refractivity contribution in [3.05, 3.63) is 5.82 Å². The lowest BCUT2D eigenvalue weighted by molar-refractivity contribution is 0.259. The molecular formula is C6H9N5O2. The smallest absolute Gasteiger partial charge is 0.321 e. The average molecular weight is 183 g/mol. The summed E-state index contributed by atoms with van der Waals surface area (Å²) >= 11 is 0. The molecule has 0 fully saturated rings. The molecule has 0 aliphatic carbocycles. The Morgan fingerprint density at radius 2 is 2.15 bits per heavy atom. The van der Waals surface area contributed by atoms with Crippen LogP contribution in [0.5, 0.6) is 6.01 Å². The summed E-state index contributed by atoms with van der Waals surface area (Å²) in [7, 11) is 1.42. The minimum absolute atomic E-state index is 0.0804. The Hall–Kier alpha value is -1.92. The molecule has 1 heterocycles. The summed E-state index contributed by atoms with van der Waals surface area (Å²) in [5, 5.41) is 2.22. The molecule has 0 atom stereocenters. The number of anilines is 1. The maximum absolute atomic E-state index is 10.4. The van der Waals surface area contributed by atoms with Gasteiger partial charge in [-0.3, -0.25) is 5.32 Å². The fraction of sp³-hybridized carbons (Fsp3) is 0.333. The van der Waals surface area contributed by atoms with Crippen LogP contribution in [0.1, 0.15) is 5.82 Å². The van der Waals surface area contributed by atoms with Crippen LogP contribution in [0, 0.1) is 6.92 Å². The van der Waals surface area contributed by atoms with Gasteiger partial charge in [0.25, 0.3) is 0 Å². The number of urea groups is 1. The molecule has 0 bridgehead atoms. The Balaban J connectivity index is 2.94. The molecule has 7 heteroatoms. The van der Waals surface area contributed by atoms with E-state index in [-0.39, 0.29) is 12.0 Å². The number of aryl methyl sites for hydroxylation is 1. The van der Waals surface area contributed by atoms with E-state index in [2.05, 4.69) is 20.3 Å². The summed E-state index contributed by atoms with van der Waals surface area (Å²) in [5.74, 6) is 0.521. The van der Waals surface area contributed by atoms with Crippen molar-refractivity contribution in [3.8, 4) is 6.01 Å². The van der Waals surface area contributed by atoms with Gasteiger partial charge in [-0.2, -0.15) is 15.0 Å². The van der Waals surface area contributed by atoms with E-state index in [1.165, 1.54) is 7.11 Å². The van der Waals surface area contributed by atoms with Gasteiger partial charge in [0.1, 0.15) is 5.82 Å². The zero-order chi connectivity index (χ0) is 9.84. The van der Waals surface area contributed by atoms with Crippen molar-refractivity contribution in [2.24, 2.45) is 5.73 Å². The van der Waals surface area contributed by atoms with Crippen LogP contribution in [-0.4, -0.2) is 28.1 Å². The number of hydrogen-bond acceptors (Lipinski definition) is 5. The Morgan fingerprint density at radius 3 is 2.69 bits per heavy atom. The number of nitrogens with two attached hydrogens (primary N) is 1. The van der Waals surface area contributed by atoms with Crippen LogP contribution in [0.2, 0.25) is 0 Å². The number of carbonyl (C=O) groups is 1. The molecule has 0 spiro atoms. The highest BCUT2D eigenvalue weighted by molar-refractivity contribution is 5.85. The molecule has 0 radical (unpaired) electrons. The molecule has 1 aromatic rings. The molecule has 13 heavy (non-hydrogen) atoms. The summed E-state index contributed by atoms with van der Waals surface area (Å²) in [6.07, 6.45) is 0. The predicted octanol–water partition coefficient (Wildman–Crippen LogP) is -0.321. The quantitative estimate of drug-likeness (QED) is 0.653. The molecule has 1 aromatic heterocycles. The predicted molar refractivity (Wildman–Crippen MR) is 44.3 cm³/mol. The zero-order valence-electron chi connectivity index (χ0n) is 7.24. The van der Waals surface area contributed by atoms with Crippen LogP contribution in [-0.2, 0) is 0 Å². The van der Waals surface area contributed by atoms with Crippen molar-refractivity contribution < 1.29 is 9.53 Å². The van der Waals surface area contributed by atoms with Crippen LogP contribution in [0.4, 0.5) is 10.7 Å². The van der Waals surface area contributed by atoms with E-state index < -0.39 is 6.03 Å². The third-order valence-electron chi connectivity index (χ3n) is 1.14. The third kappa shape index (κ3) is 2.55. The second-order valence-corrected chi connectivity index (χ2v) is 2.18. The second-order valence-electron chi connectivity index (χ2n) is 2.18. The highest BCUT2D eigenvalue weighted by Gasteiger charge is 2.04. The molecule has 0 unspecified atom stereocenters. The molecular weight excluding hydrogens is 174 g/mol. The zero-order valence-corrected chi connectivity index (χ0v) is 7.24. The molecule has 0 aliphatic heterocycles. The fourth-order valence-corrected chi connectivity index (χ4v) is 0.715. The first-order valence-electron chi connectivity index (χ1n) is 3.45. The van der Waals surface area contributed by atoms with E-state index >= 15 is 0 Å². The number of carbonyl (C=O) groups excluding carboxylic acids is 1. The summed E-state index contributed by atoms with van der Waals surface area (Å²) in [5.41, 5.74) is 4.87. The lowest BCUT2D eigenvalue weighted by Crippen LogP contribution is -2.21. The largest absolute Gasteiger partial charge is 0.467 e. The highest BCUT2D eigenvalue weighted by Crippen LogP contribution is 2.05. The van der Waals surface area contributed by atoms with Crippen LogP contribution >= 0.6 is 0 Å². The number of ether oxygens (including phenoxy) is 1. The van der Waals surface area contributed by atoms with Gasteiger partial charge in [-0.25, -0.2) is 4.79 Å². The lowest BCUT2D eigenvalue weighted by Gasteiger charge is -2.02. The summed E-state index contributed by atoms with van der Waals surface area (Å²) in [6, 6.07) is -0.594. The molecule has 0 saturated carbocycles. The maximum Gasteiger partial charge on any atom is 0.321 e. The van der Waals surface area contributed by atoms with Crippen molar-refractivity contribution >= 4 is 12.0 Å². The van der Waals surface area contributed by atoms with E-state index in [1.54, 1.807) is 6.92 Å². The van der Waals surface area contributed by atoms with Gasteiger partial charge >= 0.3 is 12.0 Å². The van der Waals surface area contributed by atoms with Crippen LogP contribution in [0.3, 0.4) is 0 Å². The first-order valence-corrected chi connectivity index (χ1v) is 3.45. The number of aromatic nitrogens is 3. The number of amides is 2. The molecule has 0 aromatic carbocycles. The van der Waals surface area contributed by atoms with Crippen LogP contribution in [0.25, 0.3) is 0 Å². The Kier molecular flexibility index (Phi) is 2.58. The summed E-state index contributed by atoms with van der Waals surface area (Å²) < 4.78 is 4.76. The highest BCUT2D eigenvalue weighted by atomic mass is 16.5. The average Bonchev–Trinajstić information content (AvgIpc) is 2.01. The molecule has 7 nitrogen and oxygen atoms in total. The Morgan fingerprint density at radius 1 is 1.46 bits per heavy atom.